The van der Waals surface area contributed by atoms with Gasteiger partial charge in [0.05, 0.1) is 0 Å². The fourth-order valence-corrected chi connectivity index (χ4v) is 5.14. The number of para-hydroxylation sites is 1. The van der Waals surface area contributed by atoms with Crippen LogP contribution in [0.25, 0.3) is 0 Å². The van der Waals surface area contributed by atoms with Crippen LogP contribution in [0.2, 0.25) is 6.04 Å². The molecule has 2 aromatic rings. The Kier molecular flexibility index (Phi) is 7.99. The van der Waals surface area contributed by atoms with Crippen molar-refractivity contribution in [1.29, 1.82) is 0 Å². The molecule has 8 nitrogen and oxygen atoms in total. The largest absolute Gasteiger partial charge is 0.500 e. The van der Waals surface area contributed by atoms with Crippen molar-refractivity contribution in [3.63, 3.8) is 0 Å². The fraction of sp³-hybridized carbons (Fsp3) is 0.562. The van der Waals surface area contributed by atoms with Crippen LogP contribution >= 0.6 is 0 Å². The van der Waals surface area contributed by atoms with Gasteiger partial charge in [0.25, 0.3) is 0 Å². The van der Waals surface area contributed by atoms with Gasteiger partial charge in [-0.15, -0.1) is 0 Å². The van der Waals surface area contributed by atoms with Crippen LogP contribution in [-0.4, -0.2) is 48.8 Å². The first-order chi connectivity index (χ1) is 12.2. The normalized spacial score (nSPS) is 11.6. The molecule has 1 N–H and O–H groups in total. The van der Waals surface area contributed by atoms with E-state index in [2.05, 4.69) is 20.8 Å². The van der Waals surface area contributed by atoms with Gasteiger partial charge in [-0.05, 0) is 49.8 Å². The number of hydrogen-bond acceptors (Lipinski definition) is 7. The summed E-state index contributed by atoms with van der Waals surface area (Å²) in [7, 11) is -2.62. The second kappa shape index (κ2) is 10.2. The number of tetrazole rings is 1. The molecule has 9 heteroatoms. The van der Waals surface area contributed by atoms with E-state index in [1.165, 1.54) is 0 Å². The fourth-order valence-electron chi connectivity index (χ4n) is 2.54. The molecular formula is C16H27N5O3Si. The van der Waals surface area contributed by atoms with Crippen molar-refractivity contribution >= 4 is 20.4 Å². The third-order valence-electron chi connectivity index (χ3n) is 3.51. The van der Waals surface area contributed by atoms with Gasteiger partial charge in [-0.25, -0.2) is 4.68 Å². The highest BCUT2D eigenvalue weighted by Gasteiger charge is 2.39. The summed E-state index contributed by atoms with van der Waals surface area (Å²) >= 11 is 0. The summed E-state index contributed by atoms with van der Waals surface area (Å²) in [4.78, 5) is 0. The van der Waals surface area contributed by atoms with Crippen molar-refractivity contribution < 1.29 is 13.3 Å². The van der Waals surface area contributed by atoms with Gasteiger partial charge in [0.2, 0.25) is 5.95 Å². The number of aryl methyl sites for hydroxylation is 1. The molecule has 2 rings (SSSR count). The average molecular weight is 366 g/mol. The highest BCUT2D eigenvalue weighted by Crippen LogP contribution is 2.20. The predicted molar refractivity (Wildman–Crippen MR) is 97.6 cm³/mol. The van der Waals surface area contributed by atoms with Crippen LogP contribution in [0, 0.1) is 0 Å². The number of benzene rings is 1. The maximum absolute atomic E-state index is 5.87. The van der Waals surface area contributed by atoms with E-state index in [1.54, 1.807) is 4.68 Å². The van der Waals surface area contributed by atoms with Gasteiger partial charge in [-0.2, -0.15) is 0 Å². The van der Waals surface area contributed by atoms with Crippen molar-refractivity contribution in [3.05, 3.63) is 30.3 Å². The summed E-state index contributed by atoms with van der Waals surface area (Å²) in [5.74, 6) is 0.614. The zero-order valence-electron chi connectivity index (χ0n) is 15.1. The van der Waals surface area contributed by atoms with Gasteiger partial charge < -0.3 is 18.6 Å². The van der Waals surface area contributed by atoms with Gasteiger partial charge in [-0.1, -0.05) is 23.3 Å². The van der Waals surface area contributed by atoms with Crippen molar-refractivity contribution in [2.75, 3.05) is 25.1 Å². The number of hydrogen-bond donors (Lipinski definition) is 1. The molecule has 1 aromatic carbocycles. The number of nitrogens with one attached hydrogen (secondary N) is 1. The summed E-state index contributed by atoms with van der Waals surface area (Å²) in [6.45, 7) is 8.28. The van der Waals surface area contributed by atoms with Crippen molar-refractivity contribution in [3.8, 4) is 0 Å². The Hall–Kier alpha value is -1.81. The summed E-state index contributed by atoms with van der Waals surface area (Å²) in [5, 5.41) is 15.1. The first-order valence-corrected chi connectivity index (χ1v) is 10.7. The lowest BCUT2D eigenvalue weighted by Crippen LogP contribution is -2.46. The molecule has 138 valence electrons. The first-order valence-electron chi connectivity index (χ1n) is 8.73. The van der Waals surface area contributed by atoms with Crippen LogP contribution < -0.4 is 5.32 Å². The smallest absolute Gasteiger partial charge is 0.374 e. The minimum absolute atomic E-state index is 0.581. The maximum atomic E-state index is 5.87. The predicted octanol–water partition coefficient (Wildman–Crippen LogP) is 2.86. The number of anilines is 2. The van der Waals surface area contributed by atoms with Crippen LogP contribution in [0.15, 0.2) is 30.3 Å². The zero-order chi connectivity index (χ0) is 18.0. The minimum atomic E-state index is -2.62. The number of aromatic nitrogens is 4. The first kappa shape index (κ1) is 19.5. The Labute approximate surface area is 149 Å². The van der Waals surface area contributed by atoms with Gasteiger partial charge in [0.15, 0.2) is 0 Å². The Morgan fingerprint density at radius 1 is 1.00 bits per heavy atom. The molecule has 0 saturated heterocycles. The third-order valence-corrected chi connectivity index (χ3v) is 6.66. The molecule has 1 aromatic heterocycles. The van der Waals surface area contributed by atoms with Crippen LogP contribution in [0.4, 0.5) is 11.6 Å². The lowest BCUT2D eigenvalue weighted by atomic mass is 10.3. The van der Waals surface area contributed by atoms with Crippen LogP contribution in [0.3, 0.4) is 0 Å². The second-order valence-electron chi connectivity index (χ2n) is 5.30. The average Bonchev–Trinajstić information content (AvgIpc) is 3.04. The second-order valence-corrected chi connectivity index (χ2v) is 8.03. The van der Waals surface area contributed by atoms with Crippen LogP contribution in [0.1, 0.15) is 27.2 Å². The van der Waals surface area contributed by atoms with Gasteiger partial charge in [0, 0.05) is 38.1 Å². The SMILES string of the molecule is CCO[Si](CCCn1nnnc1Nc1ccccc1)(OCC)OCC. The van der Waals surface area contributed by atoms with E-state index in [9.17, 15) is 0 Å². The van der Waals surface area contributed by atoms with E-state index in [0.717, 1.165) is 18.2 Å². The number of nitrogens with zero attached hydrogens (tertiary/aromatic N) is 4. The van der Waals surface area contributed by atoms with E-state index in [-0.39, 0.29) is 0 Å². The molecule has 0 atom stereocenters. The van der Waals surface area contributed by atoms with Crippen molar-refractivity contribution in [2.24, 2.45) is 0 Å². The molecule has 0 bridgehead atoms. The Bertz CT molecular complexity index is 594. The molecule has 0 aliphatic rings. The highest BCUT2D eigenvalue weighted by atomic mass is 28.4. The quantitative estimate of drug-likeness (QED) is 0.579. The van der Waals surface area contributed by atoms with E-state index in [0.29, 0.717) is 32.3 Å². The maximum Gasteiger partial charge on any atom is 0.500 e. The Balaban J connectivity index is 1.95. The summed E-state index contributed by atoms with van der Waals surface area (Å²) in [5.41, 5.74) is 0.945. The van der Waals surface area contributed by atoms with Gasteiger partial charge >= 0.3 is 8.80 Å². The van der Waals surface area contributed by atoms with Gasteiger partial charge in [0.1, 0.15) is 0 Å². The van der Waals surface area contributed by atoms with Crippen LogP contribution in [-0.2, 0) is 19.8 Å². The molecule has 1 heterocycles. The van der Waals surface area contributed by atoms with E-state index in [1.807, 2.05) is 51.1 Å². The molecule has 0 spiro atoms. The lowest BCUT2D eigenvalue weighted by Gasteiger charge is -2.28. The summed E-state index contributed by atoms with van der Waals surface area (Å²) < 4.78 is 19.4. The molecule has 25 heavy (non-hydrogen) atoms. The van der Waals surface area contributed by atoms with Gasteiger partial charge in [-0.3, -0.25) is 0 Å². The van der Waals surface area contributed by atoms with Crippen molar-refractivity contribution in [2.45, 2.75) is 39.8 Å². The number of rotatable bonds is 12. The molecule has 0 aliphatic carbocycles. The molecule has 0 radical (unpaired) electrons. The highest BCUT2D eigenvalue weighted by molar-refractivity contribution is 6.60. The standard InChI is InChI=1S/C16H27N5O3Si/c1-4-22-25(23-5-2,24-6-3)14-10-13-21-16(18-19-20-21)17-15-11-8-7-9-12-15/h7-9,11-12H,4-6,10,13-14H2,1-3H3,(H,17,18,20). The molecule has 0 unspecified atom stereocenters. The Morgan fingerprint density at radius 2 is 1.64 bits per heavy atom. The molecule has 0 amide bonds. The van der Waals surface area contributed by atoms with Crippen molar-refractivity contribution in [1.82, 2.24) is 20.2 Å². The van der Waals surface area contributed by atoms with E-state index >= 15 is 0 Å². The molecule has 0 fully saturated rings. The monoisotopic (exact) mass is 365 g/mol. The zero-order valence-corrected chi connectivity index (χ0v) is 16.1. The molecule has 0 saturated carbocycles. The summed E-state index contributed by atoms with van der Waals surface area (Å²) in [6.07, 6.45) is 0.806. The lowest BCUT2D eigenvalue weighted by molar-refractivity contribution is 0.0704. The third kappa shape index (κ3) is 5.89. The molecule has 0 aliphatic heterocycles. The van der Waals surface area contributed by atoms with E-state index < -0.39 is 8.80 Å². The minimum Gasteiger partial charge on any atom is -0.374 e. The summed E-state index contributed by atoms with van der Waals surface area (Å²) in [6, 6.07) is 10.6. The Morgan fingerprint density at radius 3 is 2.24 bits per heavy atom. The molecular weight excluding hydrogens is 338 g/mol. The topological polar surface area (TPSA) is 83.3 Å². The van der Waals surface area contributed by atoms with Crippen LogP contribution in [0.5, 0.6) is 0 Å². The van der Waals surface area contributed by atoms with E-state index in [4.69, 9.17) is 13.3 Å².